The number of sulfonamides is 1. The molecule has 1 fully saturated rings. The second-order valence-corrected chi connectivity index (χ2v) is 6.47. The molecule has 0 unspecified atom stereocenters. The Hall–Kier alpha value is -0.170. The Labute approximate surface area is 104 Å². The van der Waals surface area contributed by atoms with E-state index in [0.29, 0.717) is 19.1 Å². The summed E-state index contributed by atoms with van der Waals surface area (Å²) in [5.74, 6) is 0.816. The van der Waals surface area contributed by atoms with Crippen molar-refractivity contribution in [1.82, 2.24) is 10.0 Å². The number of hydrogen-bond donors (Lipinski definition) is 2. The first kappa shape index (κ1) is 14.9. The van der Waals surface area contributed by atoms with Gasteiger partial charge in [-0.1, -0.05) is 0 Å². The minimum Gasteiger partial charge on any atom is -0.385 e. The van der Waals surface area contributed by atoms with Gasteiger partial charge in [0, 0.05) is 20.3 Å². The van der Waals surface area contributed by atoms with Gasteiger partial charge in [0.1, 0.15) is 0 Å². The van der Waals surface area contributed by atoms with Gasteiger partial charge in [0.25, 0.3) is 0 Å². The highest BCUT2D eigenvalue weighted by Crippen LogP contribution is 2.16. The predicted molar refractivity (Wildman–Crippen MR) is 68.5 cm³/mol. The first-order chi connectivity index (χ1) is 8.14. The second-order valence-electron chi connectivity index (χ2n) is 4.54. The standard InChI is InChI=1S/C11H24N2O3S/c1-16-9-2-6-13-17(14,15)10-5-11-3-7-12-8-4-11/h11-13H,2-10H2,1H3. The Morgan fingerprint density at radius 3 is 2.71 bits per heavy atom. The lowest BCUT2D eigenvalue weighted by Gasteiger charge is -2.22. The fourth-order valence-corrected chi connectivity index (χ4v) is 3.25. The number of methoxy groups -OCH3 is 1. The molecule has 1 heterocycles. The third-order valence-corrected chi connectivity index (χ3v) is 4.52. The van der Waals surface area contributed by atoms with Crippen molar-refractivity contribution < 1.29 is 13.2 Å². The molecule has 6 heteroatoms. The van der Waals surface area contributed by atoms with Crippen molar-refractivity contribution in [3.8, 4) is 0 Å². The minimum atomic E-state index is -3.09. The van der Waals surface area contributed by atoms with Crippen molar-refractivity contribution in [3.05, 3.63) is 0 Å². The van der Waals surface area contributed by atoms with Gasteiger partial charge in [-0.05, 0) is 44.7 Å². The van der Waals surface area contributed by atoms with Crippen LogP contribution < -0.4 is 10.0 Å². The van der Waals surface area contributed by atoms with Crippen LogP contribution in [0.4, 0.5) is 0 Å². The number of hydrogen-bond acceptors (Lipinski definition) is 4. The molecule has 0 spiro atoms. The van der Waals surface area contributed by atoms with E-state index in [1.807, 2.05) is 0 Å². The quantitative estimate of drug-likeness (QED) is 0.620. The molecule has 0 amide bonds. The highest BCUT2D eigenvalue weighted by molar-refractivity contribution is 7.89. The van der Waals surface area contributed by atoms with E-state index in [-0.39, 0.29) is 5.75 Å². The third kappa shape index (κ3) is 6.98. The molecule has 2 N–H and O–H groups in total. The van der Waals surface area contributed by atoms with Crippen LogP contribution in [0.2, 0.25) is 0 Å². The molecule has 0 saturated carbocycles. The van der Waals surface area contributed by atoms with E-state index in [0.717, 1.165) is 38.8 Å². The van der Waals surface area contributed by atoms with E-state index in [2.05, 4.69) is 10.0 Å². The van der Waals surface area contributed by atoms with E-state index >= 15 is 0 Å². The lowest BCUT2D eigenvalue weighted by Crippen LogP contribution is -2.32. The maximum Gasteiger partial charge on any atom is 0.211 e. The maximum atomic E-state index is 11.7. The van der Waals surface area contributed by atoms with Crippen molar-refractivity contribution in [2.45, 2.75) is 25.7 Å². The van der Waals surface area contributed by atoms with E-state index in [1.165, 1.54) is 0 Å². The van der Waals surface area contributed by atoms with Crippen LogP contribution in [0, 0.1) is 5.92 Å². The van der Waals surface area contributed by atoms with Crippen LogP contribution >= 0.6 is 0 Å². The number of nitrogens with one attached hydrogen (secondary N) is 2. The highest BCUT2D eigenvalue weighted by Gasteiger charge is 2.17. The molecule has 17 heavy (non-hydrogen) atoms. The molecule has 0 bridgehead atoms. The Bertz CT molecular complexity index is 287. The first-order valence-corrected chi connectivity index (χ1v) is 7.96. The van der Waals surface area contributed by atoms with Crippen molar-refractivity contribution in [3.63, 3.8) is 0 Å². The normalized spacial score (nSPS) is 18.4. The second kappa shape index (κ2) is 8.02. The highest BCUT2D eigenvalue weighted by atomic mass is 32.2. The molecule has 0 aliphatic carbocycles. The molecule has 1 aliphatic rings. The van der Waals surface area contributed by atoms with Gasteiger partial charge in [-0.2, -0.15) is 0 Å². The minimum absolute atomic E-state index is 0.255. The Morgan fingerprint density at radius 2 is 2.06 bits per heavy atom. The fraction of sp³-hybridized carbons (Fsp3) is 1.00. The van der Waals surface area contributed by atoms with E-state index in [9.17, 15) is 8.42 Å². The molecule has 102 valence electrons. The number of rotatable bonds is 8. The summed E-state index contributed by atoms with van der Waals surface area (Å²) in [6, 6.07) is 0. The molecule has 0 aromatic heterocycles. The van der Waals surface area contributed by atoms with Crippen molar-refractivity contribution in [1.29, 1.82) is 0 Å². The van der Waals surface area contributed by atoms with Gasteiger partial charge in [0.2, 0.25) is 10.0 Å². The number of ether oxygens (including phenoxy) is 1. The monoisotopic (exact) mass is 264 g/mol. The van der Waals surface area contributed by atoms with Gasteiger partial charge in [0.15, 0.2) is 0 Å². The largest absolute Gasteiger partial charge is 0.385 e. The maximum absolute atomic E-state index is 11.7. The van der Waals surface area contributed by atoms with Crippen LogP contribution in [0.1, 0.15) is 25.7 Å². The molecule has 1 saturated heterocycles. The lowest BCUT2D eigenvalue weighted by molar-refractivity contribution is 0.196. The third-order valence-electron chi connectivity index (χ3n) is 3.10. The molecular formula is C11H24N2O3S. The summed E-state index contributed by atoms with van der Waals surface area (Å²) in [5, 5.41) is 3.28. The zero-order chi connectivity index (χ0) is 12.6. The molecule has 0 radical (unpaired) electrons. The summed E-state index contributed by atoms with van der Waals surface area (Å²) in [6.45, 7) is 3.11. The molecule has 1 aliphatic heterocycles. The smallest absolute Gasteiger partial charge is 0.211 e. The van der Waals surface area contributed by atoms with Crippen molar-refractivity contribution >= 4 is 10.0 Å². The van der Waals surface area contributed by atoms with Gasteiger partial charge < -0.3 is 10.1 Å². The van der Waals surface area contributed by atoms with Gasteiger partial charge in [0.05, 0.1) is 5.75 Å². The Morgan fingerprint density at radius 1 is 1.35 bits per heavy atom. The Balaban J connectivity index is 2.14. The predicted octanol–water partition coefficient (Wildman–Crippen LogP) is 0.332. The van der Waals surface area contributed by atoms with E-state index in [4.69, 9.17) is 4.74 Å². The summed E-state index contributed by atoms with van der Waals surface area (Å²) >= 11 is 0. The van der Waals surface area contributed by atoms with Crippen molar-refractivity contribution in [2.24, 2.45) is 5.92 Å². The van der Waals surface area contributed by atoms with Crippen LogP contribution in [0.25, 0.3) is 0 Å². The molecule has 1 rings (SSSR count). The van der Waals surface area contributed by atoms with Crippen LogP contribution in [-0.4, -0.2) is 47.5 Å². The summed E-state index contributed by atoms with van der Waals surface area (Å²) in [4.78, 5) is 0. The molecular weight excluding hydrogens is 240 g/mol. The van der Waals surface area contributed by atoms with E-state index < -0.39 is 10.0 Å². The van der Waals surface area contributed by atoms with Crippen molar-refractivity contribution in [2.75, 3.05) is 39.1 Å². The topological polar surface area (TPSA) is 67.4 Å². The van der Waals surface area contributed by atoms with E-state index in [1.54, 1.807) is 7.11 Å². The van der Waals surface area contributed by atoms with Crippen LogP contribution in [0.3, 0.4) is 0 Å². The van der Waals surface area contributed by atoms with Gasteiger partial charge >= 0.3 is 0 Å². The van der Waals surface area contributed by atoms with Crippen LogP contribution in [-0.2, 0) is 14.8 Å². The fourth-order valence-electron chi connectivity index (χ4n) is 2.01. The van der Waals surface area contributed by atoms with Gasteiger partial charge in [-0.3, -0.25) is 0 Å². The van der Waals surface area contributed by atoms with Gasteiger partial charge in [-0.15, -0.1) is 0 Å². The Kier molecular flexibility index (Phi) is 7.03. The van der Waals surface area contributed by atoms with Gasteiger partial charge in [-0.25, -0.2) is 13.1 Å². The summed E-state index contributed by atoms with van der Waals surface area (Å²) < 4.78 is 30.8. The molecule has 0 atom stereocenters. The first-order valence-electron chi connectivity index (χ1n) is 6.31. The summed E-state index contributed by atoms with van der Waals surface area (Å²) in [7, 11) is -1.47. The van der Waals surface area contributed by atoms with Crippen LogP contribution in [0.5, 0.6) is 0 Å². The molecule has 0 aromatic carbocycles. The lowest BCUT2D eigenvalue weighted by atomic mass is 9.96. The average molecular weight is 264 g/mol. The SMILES string of the molecule is COCCCNS(=O)(=O)CCC1CCNCC1. The molecule has 0 aromatic rings. The average Bonchev–Trinajstić information content (AvgIpc) is 2.34. The molecule has 5 nitrogen and oxygen atoms in total. The zero-order valence-corrected chi connectivity index (χ0v) is 11.4. The summed E-state index contributed by atoms with van der Waals surface area (Å²) in [5.41, 5.74) is 0. The zero-order valence-electron chi connectivity index (χ0n) is 10.6. The number of piperidine rings is 1. The van der Waals surface area contributed by atoms with Crippen LogP contribution in [0.15, 0.2) is 0 Å². The summed E-state index contributed by atoms with van der Waals surface area (Å²) in [6.07, 6.45) is 3.70.